The largest absolute Gasteiger partial charge is 0.416 e. The van der Waals surface area contributed by atoms with E-state index in [1.54, 1.807) is 6.20 Å². The van der Waals surface area contributed by atoms with E-state index in [0.717, 1.165) is 30.8 Å². The number of hydrogen-bond acceptors (Lipinski definition) is 2. The van der Waals surface area contributed by atoms with Gasteiger partial charge in [0, 0.05) is 18.3 Å². The van der Waals surface area contributed by atoms with Gasteiger partial charge in [-0.1, -0.05) is 6.08 Å². The Balaban J connectivity index is 2.08. The van der Waals surface area contributed by atoms with E-state index >= 15 is 0 Å². The summed E-state index contributed by atoms with van der Waals surface area (Å²) in [6.45, 7) is 0. The quantitative estimate of drug-likeness (QED) is 0.792. The third-order valence-electron chi connectivity index (χ3n) is 2.38. The third-order valence-corrected chi connectivity index (χ3v) is 2.38. The Kier molecular flexibility index (Phi) is 3.17. The summed E-state index contributed by atoms with van der Waals surface area (Å²) >= 11 is 0. The number of hydrogen-bond donors (Lipinski definition) is 1. The van der Waals surface area contributed by atoms with Gasteiger partial charge in [0.2, 0.25) is 0 Å². The summed E-state index contributed by atoms with van der Waals surface area (Å²) in [6.07, 6.45) is 1.02. The zero-order valence-corrected chi connectivity index (χ0v) is 8.96. The van der Waals surface area contributed by atoms with Crippen molar-refractivity contribution in [3.63, 3.8) is 0 Å². The number of halogens is 3. The SMILES string of the molecule is FC(F)(F)c1ccc(NC2=NC=CCC2)cc1. The van der Waals surface area contributed by atoms with Crippen LogP contribution in [0.3, 0.4) is 0 Å². The molecule has 1 aromatic carbocycles. The van der Waals surface area contributed by atoms with Crippen molar-refractivity contribution in [3.05, 3.63) is 42.1 Å². The molecule has 0 aromatic heterocycles. The van der Waals surface area contributed by atoms with Crippen molar-refractivity contribution < 1.29 is 13.2 Å². The Morgan fingerprint density at radius 2 is 1.82 bits per heavy atom. The van der Waals surface area contributed by atoms with E-state index < -0.39 is 11.7 Å². The van der Waals surface area contributed by atoms with Crippen molar-refractivity contribution in [2.75, 3.05) is 5.32 Å². The second-order valence-electron chi connectivity index (χ2n) is 3.70. The van der Waals surface area contributed by atoms with E-state index in [2.05, 4.69) is 10.3 Å². The minimum atomic E-state index is -4.29. The lowest BCUT2D eigenvalue weighted by Crippen LogP contribution is -2.13. The number of nitrogens with zero attached hydrogens (tertiary/aromatic N) is 1. The van der Waals surface area contributed by atoms with Gasteiger partial charge < -0.3 is 5.32 Å². The Labute approximate surface area is 96.9 Å². The Morgan fingerprint density at radius 3 is 2.35 bits per heavy atom. The fourth-order valence-electron chi connectivity index (χ4n) is 1.51. The standard InChI is InChI=1S/C12H11F3N2/c13-12(14,15)9-4-6-10(7-5-9)17-11-3-1-2-8-16-11/h2,4-8H,1,3H2,(H,16,17). The van der Waals surface area contributed by atoms with Crippen molar-refractivity contribution in [1.29, 1.82) is 0 Å². The molecule has 0 amide bonds. The number of alkyl halides is 3. The smallest absolute Gasteiger partial charge is 0.344 e. The van der Waals surface area contributed by atoms with E-state index in [1.165, 1.54) is 12.1 Å². The van der Waals surface area contributed by atoms with Crippen LogP contribution in [0.1, 0.15) is 18.4 Å². The van der Waals surface area contributed by atoms with Crippen LogP contribution in [0.4, 0.5) is 18.9 Å². The van der Waals surface area contributed by atoms with Crippen LogP contribution in [0.25, 0.3) is 0 Å². The number of benzene rings is 1. The molecule has 0 aliphatic carbocycles. The molecule has 0 radical (unpaired) electrons. The monoisotopic (exact) mass is 240 g/mol. The maximum Gasteiger partial charge on any atom is 0.416 e. The van der Waals surface area contributed by atoms with Crippen LogP contribution in [0.2, 0.25) is 0 Å². The van der Waals surface area contributed by atoms with Crippen LogP contribution < -0.4 is 5.32 Å². The Hall–Kier alpha value is -1.78. The molecule has 1 aliphatic rings. The third kappa shape index (κ3) is 3.09. The van der Waals surface area contributed by atoms with E-state index in [4.69, 9.17) is 0 Å². The number of nitrogens with one attached hydrogen (secondary N) is 1. The minimum Gasteiger partial charge on any atom is -0.344 e. The van der Waals surface area contributed by atoms with Crippen molar-refractivity contribution in [2.45, 2.75) is 19.0 Å². The molecule has 1 N–H and O–H groups in total. The Bertz CT molecular complexity index is 444. The van der Waals surface area contributed by atoms with Gasteiger partial charge in [-0.15, -0.1) is 0 Å². The van der Waals surface area contributed by atoms with Gasteiger partial charge in [0.05, 0.1) is 5.56 Å². The zero-order valence-electron chi connectivity index (χ0n) is 8.96. The molecular weight excluding hydrogens is 229 g/mol. The first-order chi connectivity index (χ1) is 8.05. The van der Waals surface area contributed by atoms with Gasteiger partial charge in [0.15, 0.2) is 0 Å². The number of rotatable bonds is 1. The molecule has 0 spiro atoms. The highest BCUT2D eigenvalue weighted by Gasteiger charge is 2.29. The van der Waals surface area contributed by atoms with Gasteiger partial charge in [-0.25, -0.2) is 4.99 Å². The van der Waals surface area contributed by atoms with Gasteiger partial charge in [-0.2, -0.15) is 13.2 Å². The lowest BCUT2D eigenvalue weighted by atomic mass is 10.2. The lowest BCUT2D eigenvalue weighted by molar-refractivity contribution is -0.137. The highest BCUT2D eigenvalue weighted by Crippen LogP contribution is 2.29. The fourth-order valence-corrected chi connectivity index (χ4v) is 1.51. The molecule has 1 aliphatic heterocycles. The molecule has 2 nitrogen and oxygen atoms in total. The molecular formula is C12H11F3N2. The molecule has 90 valence electrons. The van der Waals surface area contributed by atoms with E-state index in [0.29, 0.717) is 5.69 Å². The minimum absolute atomic E-state index is 0.618. The van der Waals surface area contributed by atoms with Crippen LogP contribution in [0.15, 0.2) is 41.5 Å². The van der Waals surface area contributed by atoms with Gasteiger partial charge in [0.1, 0.15) is 5.84 Å². The average Bonchev–Trinajstić information content (AvgIpc) is 2.30. The van der Waals surface area contributed by atoms with Crippen LogP contribution in [0, 0.1) is 0 Å². The zero-order chi connectivity index (χ0) is 12.3. The second kappa shape index (κ2) is 4.61. The summed E-state index contributed by atoms with van der Waals surface area (Å²) in [5.74, 6) is 0.771. The molecule has 0 fully saturated rings. The van der Waals surface area contributed by atoms with Crippen molar-refractivity contribution in [2.24, 2.45) is 4.99 Å². The molecule has 1 aromatic rings. The number of amidine groups is 1. The molecule has 17 heavy (non-hydrogen) atoms. The summed E-state index contributed by atoms with van der Waals surface area (Å²) in [5, 5.41) is 2.99. The Morgan fingerprint density at radius 1 is 1.12 bits per heavy atom. The summed E-state index contributed by atoms with van der Waals surface area (Å²) in [5.41, 5.74) is -0.0272. The predicted molar refractivity (Wildman–Crippen MR) is 60.9 cm³/mol. The predicted octanol–water partition coefficient (Wildman–Crippen LogP) is 3.82. The molecule has 1 heterocycles. The van der Waals surface area contributed by atoms with Crippen molar-refractivity contribution >= 4 is 11.5 Å². The molecule has 0 bridgehead atoms. The van der Waals surface area contributed by atoms with Crippen LogP contribution >= 0.6 is 0 Å². The van der Waals surface area contributed by atoms with Crippen LogP contribution in [0.5, 0.6) is 0 Å². The lowest BCUT2D eigenvalue weighted by Gasteiger charge is -2.12. The fraction of sp³-hybridized carbons (Fsp3) is 0.250. The molecule has 0 saturated carbocycles. The highest BCUT2D eigenvalue weighted by molar-refractivity contribution is 5.96. The average molecular weight is 240 g/mol. The molecule has 5 heteroatoms. The van der Waals surface area contributed by atoms with Gasteiger partial charge in [0.25, 0.3) is 0 Å². The van der Waals surface area contributed by atoms with Gasteiger partial charge in [-0.05, 0) is 30.7 Å². The van der Waals surface area contributed by atoms with E-state index in [9.17, 15) is 13.2 Å². The van der Waals surface area contributed by atoms with Crippen molar-refractivity contribution in [3.8, 4) is 0 Å². The van der Waals surface area contributed by atoms with Crippen molar-refractivity contribution in [1.82, 2.24) is 0 Å². The molecule has 2 rings (SSSR count). The number of anilines is 1. The first kappa shape index (κ1) is 11.7. The summed E-state index contributed by atoms with van der Waals surface area (Å²) in [7, 11) is 0. The molecule has 0 unspecified atom stereocenters. The summed E-state index contributed by atoms with van der Waals surface area (Å²) in [6, 6.07) is 4.93. The molecule has 0 atom stereocenters. The van der Waals surface area contributed by atoms with Crippen LogP contribution in [-0.2, 0) is 6.18 Å². The second-order valence-corrected chi connectivity index (χ2v) is 3.70. The van der Waals surface area contributed by atoms with E-state index in [-0.39, 0.29) is 0 Å². The summed E-state index contributed by atoms with van der Waals surface area (Å²) in [4.78, 5) is 4.10. The van der Waals surface area contributed by atoms with Gasteiger partial charge in [-0.3, -0.25) is 0 Å². The van der Waals surface area contributed by atoms with Crippen LogP contribution in [-0.4, -0.2) is 5.84 Å². The normalized spacial score (nSPS) is 15.6. The van der Waals surface area contributed by atoms with Gasteiger partial charge >= 0.3 is 6.18 Å². The number of aliphatic imine (C=N–C) groups is 1. The first-order valence-electron chi connectivity index (χ1n) is 5.22. The summed E-state index contributed by atoms with van der Waals surface area (Å²) < 4.78 is 37.0. The maximum absolute atomic E-state index is 12.3. The number of allylic oxidation sites excluding steroid dienone is 1. The topological polar surface area (TPSA) is 24.4 Å². The maximum atomic E-state index is 12.3. The highest BCUT2D eigenvalue weighted by atomic mass is 19.4. The van der Waals surface area contributed by atoms with E-state index in [1.807, 2.05) is 6.08 Å². The molecule has 0 saturated heterocycles. The first-order valence-corrected chi connectivity index (χ1v) is 5.22.